The minimum absolute atomic E-state index is 0.0377. The number of sulfone groups is 1. The van der Waals surface area contributed by atoms with Crippen molar-refractivity contribution in [3.63, 3.8) is 0 Å². The quantitative estimate of drug-likeness (QED) is 0.798. The van der Waals surface area contributed by atoms with Crippen LogP contribution in [0.5, 0.6) is 0 Å². The van der Waals surface area contributed by atoms with E-state index in [1.807, 2.05) is 20.8 Å². The first kappa shape index (κ1) is 17.1. The van der Waals surface area contributed by atoms with E-state index in [1.165, 1.54) is 0 Å². The van der Waals surface area contributed by atoms with Crippen molar-refractivity contribution < 1.29 is 18.0 Å². The molecule has 0 spiro atoms. The Balaban J connectivity index is 1.95. The van der Waals surface area contributed by atoms with Crippen molar-refractivity contribution in [1.82, 2.24) is 15.1 Å². The number of hydrogen-bond donors (Lipinski definition) is 1. The Labute approximate surface area is 131 Å². The predicted molar refractivity (Wildman–Crippen MR) is 83.2 cm³/mol. The van der Waals surface area contributed by atoms with E-state index in [9.17, 15) is 18.0 Å². The van der Waals surface area contributed by atoms with Crippen molar-refractivity contribution in [3.8, 4) is 0 Å². The van der Waals surface area contributed by atoms with Gasteiger partial charge in [-0.15, -0.1) is 0 Å². The summed E-state index contributed by atoms with van der Waals surface area (Å²) in [4.78, 5) is 27.6. The number of carbonyl (C=O) groups is 2. The Hall–Kier alpha value is -1.31. The summed E-state index contributed by atoms with van der Waals surface area (Å²) in [5, 5.41) is 2.88. The molecule has 2 rings (SSSR count). The van der Waals surface area contributed by atoms with Crippen LogP contribution in [0.15, 0.2) is 0 Å². The second-order valence-corrected chi connectivity index (χ2v) is 8.56. The summed E-state index contributed by atoms with van der Waals surface area (Å²) in [5.41, 5.74) is 0. The largest absolute Gasteiger partial charge is 0.338 e. The lowest BCUT2D eigenvalue weighted by molar-refractivity contribution is -0.129. The van der Waals surface area contributed by atoms with Gasteiger partial charge in [0.2, 0.25) is 5.91 Å². The summed E-state index contributed by atoms with van der Waals surface area (Å²) in [7, 11) is -3.02. The van der Waals surface area contributed by atoms with Crippen molar-refractivity contribution in [2.45, 2.75) is 51.7 Å². The molecule has 2 aliphatic heterocycles. The maximum Gasteiger partial charge on any atom is 0.317 e. The van der Waals surface area contributed by atoms with Gasteiger partial charge in [-0.1, -0.05) is 0 Å². The molecule has 22 heavy (non-hydrogen) atoms. The summed E-state index contributed by atoms with van der Waals surface area (Å²) in [6.07, 6.45) is 0.801. The lowest BCUT2D eigenvalue weighted by atomic mass is 10.2. The van der Waals surface area contributed by atoms with Gasteiger partial charge in [-0.05, 0) is 27.2 Å². The molecule has 2 fully saturated rings. The van der Waals surface area contributed by atoms with Crippen LogP contribution in [-0.4, -0.2) is 72.9 Å². The summed E-state index contributed by atoms with van der Waals surface area (Å²) < 4.78 is 23.2. The van der Waals surface area contributed by atoms with Crippen LogP contribution in [-0.2, 0) is 14.6 Å². The molecule has 1 N–H and O–H groups in total. The Bertz CT molecular complexity index is 546. The third kappa shape index (κ3) is 3.71. The SMILES string of the molecule is CCN(C(=O)NC1CC(=O)N(C(C)C)C1)C1CCS(=O)(=O)C1. The number of urea groups is 1. The zero-order valence-electron chi connectivity index (χ0n) is 13.4. The number of nitrogens with one attached hydrogen (secondary N) is 1. The number of rotatable bonds is 4. The zero-order valence-corrected chi connectivity index (χ0v) is 14.2. The van der Waals surface area contributed by atoms with Crippen LogP contribution in [0.3, 0.4) is 0 Å². The number of amides is 3. The van der Waals surface area contributed by atoms with Crippen LogP contribution in [0.25, 0.3) is 0 Å². The maximum absolute atomic E-state index is 12.4. The Morgan fingerprint density at radius 3 is 2.59 bits per heavy atom. The van der Waals surface area contributed by atoms with E-state index in [-0.39, 0.29) is 41.6 Å². The molecule has 0 aromatic rings. The fourth-order valence-corrected chi connectivity index (χ4v) is 4.90. The first-order valence-electron chi connectivity index (χ1n) is 7.80. The number of nitrogens with zero attached hydrogens (tertiary/aromatic N) is 2. The fraction of sp³-hybridized carbons (Fsp3) is 0.857. The lowest BCUT2D eigenvalue weighted by Crippen LogP contribution is -2.50. The first-order chi connectivity index (χ1) is 10.2. The number of likely N-dealkylation sites (tertiary alicyclic amines) is 1. The molecule has 0 bridgehead atoms. The van der Waals surface area contributed by atoms with E-state index in [0.29, 0.717) is 25.9 Å². The number of hydrogen-bond acceptors (Lipinski definition) is 4. The first-order valence-corrected chi connectivity index (χ1v) is 9.62. The highest BCUT2D eigenvalue weighted by Crippen LogP contribution is 2.19. The van der Waals surface area contributed by atoms with Crippen molar-refractivity contribution in [3.05, 3.63) is 0 Å². The van der Waals surface area contributed by atoms with Gasteiger partial charge >= 0.3 is 6.03 Å². The van der Waals surface area contributed by atoms with Crippen LogP contribution in [0.1, 0.15) is 33.6 Å². The molecule has 2 atom stereocenters. The molecule has 126 valence electrons. The molecule has 8 heteroatoms. The van der Waals surface area contributed by atoms with E-state index in [2.05, 4.69) is 5.32 Å². The van der Waals surface area contributed by atoms with Gasteiger partial charge in [-0.2, -0.15) is 0 Å². The molecule has 0 aromatic heterocycles. The van der Waals surface area contributed by atoms with Crippen LogP contribution in [0.4, 0.5) is 4.79 Å². The molecular formula is C14H25N3O4S. The third-order valence-corrected chi connectivity index (χ3v) is 6.11. The van der Waals surface area contributed by atoms with Crippen LogP contribution >= 0.6 is 0 Å². The van der Waals surface area contributed by atoms with Crippen molar-refractivity contribution >= 4 is 21.8 Å². The molecule has 2 unspecified atom stereocenters. The second-order valence-electron chi connectivity index (χ2n) is 6.33. The van der Waals surface area contributed by atoms with Gasteiger partial charge in [-0.25, -0.2) is 13.2 Å². The molecule has 2 heterocycles. The van der Waals surface area contributed by atoms with E-state index in [0.717, 1.165) is 0 Å². The van der Waals surface area contributed by atoms with Crippen molar-refractivity contribution in [1.29, 1.82) is 0 Å². The average molecular weight is 331 g/mol. The normalized spacial score (nSPS) is 27.5. The van der Waals surface area contributed by atoms with Gasteiger partial charge in [0.15, 0.2) is 9.84 Å². The molecule has 7 nitrogen and oxygen atoms in total. The maximum atomic E-state index is 12.4. The zero-order chi connectivity index (χ0) is 16.5. The molecular weight excluding hydrogens is 306 g/mol. The molecule has 0 radical (unpaired) electrons. The molecule has 0 aliphatic carbocycles. The highest BCUT2D eigenvalue weighted by Gasteiger charge is 2.36. The smallest absolute Gasteiger partial charge is 0.317 e. The van der Waals surface area contributed by atoms with E-state index in [4.69, 9.17) is 0 Å². The van der Waals surface area contributed by atoms with E-state index >= 15 is 0 Å². The van der Waals surface area contributed by atoms with Crippen LogP contribution < -0.4 is 5.32 Å². The van der Waals surface area contributed by atoms with Crippen LogP contribution in [0.2, 0.25) is 0 Å². The van der Waals surface area contributed by atoms with Gasteiger partial charge in [0.05, 0.1) is 17.5 Å². The Morgan fingerprint density at radius 1 is 1.45 bits per heavy atom. The minimum atomic E-state index is -3.02. The number of carbonyl (C=O) groups excluding carboxylic acids is 2. The van der Waals surface area contributed by atoms with Gasteiger partial charge in [0, 0.05) is 31.6 Å². The van der Waals surface area contributed by atoms with Gasteiger partial charge < -0.3 is 15.1 Å². The van der Waals surface area contributed by atoms with Gasteiger partial charge in [0.25, 0.3) is 0 Å². The van der Waals surface area contributed by atoms with Crippen molar-refractivity contribution in [2.24, 2.45) is 0 Å². The average Bonchev–Trinajstić information content (AvgIpc) is 2.93. The summed E-state index contributed by atoms with van der Waals surface area (Å²) in [6, 6.07) is -0.604. The monoisotopic (exact) mass is 331 g/mol. The Kier molecular flexibility index (Phi) is 4.99. The van der Waals surface area contributed by atoms with Gasteiger partial charge in [0.1, 0.15) is 0 Å². The second kappa shape index (κ2) is 6.44. The summed E-state index contributed by atoms with van der Waals surface area (Å²) >= 11 is 0. The van der Waals surface area contributed by atoms with Crippen molar-refractivity contribution in [2.75, 3.05) is 24.6 Å². The van der Waals surface area contributed by atoms with Gasteiger partial charge in [-0.3, -0.25) is 4.79 Å². The standard InChI is InChI=1S/C14H25N3O4S/c1-4-16(12-5-6-22(20,21)9-12)14(19)15-11-7-13(18)17(8-11)10(2)3/h10-12H,4-9H2,1-3H3,(H,15,19). The predicted octanol–water partition coefficient (Wildman–Crippen LogP) is 0.214. The van der Waals surface area contributed by atoms with E-state index < -0.39 is 9.84 Å². The minimum Gasteiger partial charge on any atom is -0.338 e. The highest BCUT2D eigenvalue weighted by molar-refractivity contribution is 7.91. The topological polar surface area (TPSA) is 86.8 Å². The van der Waals surface area contributed by atoms with Crippen LogP contribution in [0, 0.1) is 0 Å². The molecule has 0 saturated carbocycles. The summed E-state index contributed by atoms with van der Waals surface area (Å²) in [5.74, 6) is 0.229. The molecule has 2 saturated heterocycles. The lowest BCUT2D eigenvalue weighted by Gasteiger charge is -2.28. The molecule has 0 aromatic carbocycles. The molecule has 3 amide bonds. The summed E-state index contributed by atoms with van der Waals surface area (Å²) in [6.45, 7) is 6.71. The fourth-order valence-electron chi connectivity index (χ4n) is 3.17. The molecule has 2 aliphatic rings. The van der Waals surface area contributed by atoms with E-state index in [1.54, 1.807) is 9.80 Å². The third-order valence-electron chi connectivity index (χ3n) is 4.36. The Morgan fingerprint density at radius 2 is 2.14 bits per heavy atom. The highest BCUT2D eigenvalue weighted by atomic mass is 32.2.